The molecule has 0 spiro atoms. The number of ether oxygens (including phenoxy) is 1. The summed E-state index contributed by atoms with van der Waals surface area (Å²) in [4.78, 5) is 27.1. The van der Waals surface area contributed by atoms with Crippen molar-refractivity contribution in [3.05, 3.63) is 24.3 Å². The van der Waals surface area contributed by atoms with Crippen LogP contribution in [0.5, 0.6) is 5.75 Å². The summed E-state index contributed by atoms with van der Waals surface area (Å²) in [5.74, 6) is 1.25. The molecule has 0 aliphatic carbocycles. The van der Waals surface area contributed by atoms with Gasteiger partial charge < -0.3 is 20.7 Å². The van der Waals surface area contributed by atoms with Crippen LogP contribution in [0.25, 0.3) is 0 Å². The lowest BCUT2D eigenvalue weighted by Gasteiger charge is -2.36. The Balaban J connectivity index is 0.00000300. The molecule has 2 fully saturated rings. The zero-order valence-corrected chi connectivity index (χ0v) is 18.1. The zero-order chi connectivity index (χ0) is 19.9. The summed E-state index contributed by atoms with van der Waals surface area (Å²) in [6, 6.07) is 7.11. The fourth-order valence-corrected chi connectivity index (χ4v) is 3.98. The fraction of sp³-hybridized carbons (Fsp3) is 0.619. The Hall–Kier alpha value is -1.83. The molecule has 3 N–H and O–H groups in total. The van der Waals surface area contributed by atoms with Gasteiger partial charge in [-0.15, -0.1) is 12.4 Å². The van der Waals surface area contributed by atoms with Gasteiger partial charge in [0.15, 0.2) is 0 Å². The van der Waals surface area contributed by atoms with E-state index in [1.807, 2.05) is 31.2 Å². The molecule has 2 amide bonds. The molecule has 2 saturated heterocycles. The van der Waals surface area contributed by atoms with Gasteiger partial charge >= 0.3 is 0 Å². The van der Waals surface area contributed by atoms with Gasteiger partial charge in [0.2, 0.25) is 11.8 Å². The summed E-state index contributed by atoms with van der Waals surface area (Å²) >= 11 is 0. The highest BCUT2D eigenvalue weighted by Crippen LogP contribution is 2.20. The molecule has 2 heterocycles. The highest BCUT2D eigenvalue weighted by atomic mass is 35.5. The number of nitrogens with one attached hydrogen (secondary N) is 3. The minimum absolute atomic E-state index is 0. The number of halogens is 1. The molecule has 0 aromatic heterocycles. The minimum Gasteiger partial charge on any atom is -0.497 e. The Morgan fingerprint density at radius 3 is 2.66 bits per heavy atom. The van der Waals surface area contributed by atoms with Crippen LogP contribution < -0.4 is 20.7 Å². The number of carbonyl (C=O) groups excluding carboxylic acids is 2. The lowest BCUT2D eigenvalue weighted by molar-refractivity contribution is -0.124. The van der Waals surface area contributed by atoms with E-state index in [4.69, 9.17) is 4.74 Å². The third-order valence-corrected chi connectivity index (χ3v) is 5.78. The average molecular weight is 425 g/mol. The Labute approximate surface area is 179 Å². The van der Waals surface area contributed by atoms with Crippen molar-refractivity contribution in [2.24, 2.45) is 5.92 Å². The monoisotopic (exact) mass is 424 g/mol. The smallest absolute Gasteiger partial charge is 0.241 e. The average Bonchev–Trinajstić information content (AvgIpc) is 3.27. The van der Waals surface area contributed by atoms with Crippen LogP contribution in [0.15, 0.2) is 24.3 Å². The molecule has 2 aliphatic heterocycles. The molecule has 0 bridgehead atoms. The number of anilines is 1. The number of carbonyl (C=O) groups is 2. The number of hydrogen-bond acceptors (Lipinski definition) is 5. The normalized spacial score (nSPS) is 23.0. The molecule has 0 saturated carbocycles. The van der Waals surface area contributed by atoms with Crippen molar-refractivity contribution in [1.29, 1.82) is 0 Å². The second-order valence-electron chi connectivity index (χ2n) is 7.79. The summed E-state index contributed by atoms with van der Waals surface area (Å²) in [5.41, 5.74) is 0.766. The van der Waals surface area contributed by atoms with E-state index < -0.39 is 0 Å². The molecule has 1 aromatic rings. The van der Waals surface area contributed by atoms with Gasteiger partial charge in [-0.3, -0.25) is 14.5 Å². The van der Waals surface area contributed by atoms with Crippen molar-refractivity contribution < 1.29 is 14.3 Å². The number of rotatable bonds is 7. The molecule has 3 atom stereocenters. The van der Waals surface area contributed by atoms with Crippen LogP contribution in [-0.4, -0.2) is 62.1 Å². The van der Waals surface area contributed by atoms with Crippen LogP contribution in [0, 0.1) is 5.92 Å². The number of amides is 2. The molecular formula is C21H33ClN4O3. The fourth-order valence-electron chi connectivity index (χ4n) is 3.98. The van der Waals surface area contributed by atoms with E-state index >= 15 is 0 Å². The van der Waals surface area contributed by atoms with Gasteiger partial charge in [-0.25, -0.2) is 0 Å². The maximum atomic E-state index is 12.7. The van der Waals surface area contributed by atoms with Crippen molar-refractivity contribution in [2.75, 3.05) is 38.6 Å². The molecule has 2 aliphatic rings. The van der Waals surface area contributed by atoms with Gasteiger partial charge in [-0.2, -0.15) is 0 Å². The maximum Gasteiger partial charge on any atom is 0.241 e. The van der Waals surface area contributed by atoms with Crippen molar-refractivity contribution in [3.8, 4) is 5.75 Å². The number of likely N-dealkylation sites (tertiary alicyclic amines) is 1. The summed E-state index contributed by atoms with van der Waals surface area (Å²) in [6.45, 7) is 5.29. The maximum absolute atomic E-state index is 12.7. The van der Waals surface area contributed by atoms with Crippen LogP contribution in [0.4, 0.5) is 5.69 Å². The molecule has 3 unspecified atom stereocenters. The molecule has 29 heavy (non-hydrogen) atoms. The first-order valence-electron chi connectivity index (χ1n) is 10.3. The SMILES string of the molecule is COc1ccc(NC(=O)C(C)N2CCCC(CNC(=O)C3CCCN3)C2)cc1.Cl. The van der Waals surface area contributed by atoms with Gasteiger partial charge in [0.05, 0.1) is 19.2 Å². The highest BCUT2D eigenvalue weighted by molar-refractivity contribution is 5.94. The Kier molecular flexibility index (Phi) is 9.20. The Morgan fingerprint density at radius 2 is 2.00 bits per heavy atom. The van der Waals surface area contributed by atoms with E-state index in [1.54, 1.807) is 7.11 Å². The molecule has 8 heteroatoms. The predicted molar refractivity (Wildman–Crippen MR) is 117 cm³/mol. The topological polar surface area (TPSA) is 82.7 Å². The first kappa shape index (κ1) is 23.4. The second-order valence-corrected chi connectivity index (χ2v) is 7.79. The van der Waals surface area contributed by atoms with Crippen molar-refractivity contribution in [2.45, 2.75) is 44.7 Å². The number of piperidine rings is 1. The number of nitrogens with zero attached hydrogens (tertiary/aromatic N) is 1. The summed E-state index contributed by atoms with van der Waals surface area (Å²) in [5, 5.41) is 9.30. The molecular weight excluding hydrogens is 392 g/mol. The van der Waals surface area contributed by atoms with Crippen molar-refractivity contribution in [1.82, 2.24) is 15.5 Å². The highest BCUT2D eigenvalue weighted by Gasteiger charge is 2.28. The van der Waals surface area contributed by atoms with Crippen LogP contribution in [-0.2, 0) is 9.59 Å². The molecule has 7 nitrogen and oxygen atoms in total. The first-order valence-corrected chi connectivity index (χ1v) is 10.3. The second kappa shape index (κ2) is 11.4. The standard InChI is InChI=1S/C21H32N4O3.ClH/c1-15(20(26)24-17-7-9-18(28-2)10-8-17)25-12-4-5-16(14-25)13-23-21(27)19-6-3-11-22-19;/h7-10,15-16,19,22H,3-6,11-14H2,1-2H3,(H,23,27)(H,24,26);1H. The van der Waals surface area contributed by atoms with Gasteiger partial charge in [-0.1, -0.05) is 0 Å². The van der Waals surface area contributed by atoms with Crippen LogP contribution in [0.3, 0.4) is 0 Å². The Bertz CT molecular complexity index is 664. The first-order chi connectivity index (χ1) is 13.6. The molecule has 3 rings (SSSR count). The third kappa shape index (κ3) is 6.59. The summed E-state index contributed by atoms with van der Waals surface area (Å²) in [6.07, 6.45) is 4.12. The molecule has 1 aromatic carbocycles. The quantitative estimate of drug-likeness (QED) is 0.623. The van der Waals surface area contributed by atoms with Crippen molar-refractivity contribution in [3.63, 3.8) is 0 Å². The van der Waals surface area contributed by atoms with E-state index in [9.17, 15) is 9.59 Å². The molecule has 0 radical (unpaired) electrons. The number of methoxy groups -OCH3 is 1. The lowest BCUT2D eigenvalue weighted by atomic mass is 9.96. The van der Waals surface area contributed by atoms with Gasteiger partial charge in [0.25, 0.3) is 0 Å². The third-order valence-electron chi connectivity index (χ3n) is 5.78. The number of benzene rings is 1. The van der Waals surface area contributed by atoms with Crippen molar-refractivity contribution >= 4 is 29.9 Å². The minimum atomic E-state index is -0.211. The molecule has 162 valence electrons. The van der Waals surface area contributed by atoms with E-state index in [0.29, 0.717) is 12.5 Å². The summed E-state index contributed by atoms with van der Waals surface area (Å²) < 4.78 is 5.15. The van der Waals surface area contributed by atoms with Crippen LogP contribution in [0.2, 0.25) is 0 Å². The van der Waals surface area contributed by atoms with E-state index in [2.05, 4.69) is 20.9 Å². The van der Waals surface area contributed by atoms with Gasteiger partial charge in [0.1, 0.15) is 5.75 Å². The van der Waals surface area contributed by atoms with Crippen LogP contribution >= 0.6 is 12.4 Å². The van der Waals surface area contributed by atoms with E-state index in [-0.39, 0.29) is 36.3 Å². The van der Waals surface area contributed by atoms with Gasteiger partial charge in [0, 0.05) is 18.8 Å². The zero-order valence-electron chi connectivity index (χ0n) is 17.3. The summed E-state index contributed by atoms with van der Waals surface area (Å²) in [7, 11) is 1.62. The Morgan fingerprint density at radius 1 is 1.24 bits per heavy atom. The predicted octanol–water partition coefficient (Wildman–Crippen LogP) is 2.02. The van der Waals surface area contributed by atoms with E-state index in [0.717, 1.165) is 56.8 Å². The number of hydrogen-bond donors (Lipinski definition) is 3. The van der Waals surface area contributed by atoms with Crippen LogP contribution in [0.1, 0.15) is 32.6 Å². The van der Waals surface area contributed by atoms with E-state index in [1.165, 1.54) is 0 Å². The lowest BCUT2D eigenvalue weighted by Crippen LogP contribution is -2.50. The van der Waals surface area contributed by atoms with Gasteiger partial charge in [-0.05, 0) is 75.9 Å². The largest absolute Gasteiger partial charge is 0.497 e.